The highest BCUT2D eigenvalue weighted by atomic mass is 16.2. The number of nitrogens with zero attached hydrogens (tertiary/aromatic N) is 3. The maximum Gasteiger partial charge on any atom is 0.334 e. The first kappa shape index (κ1) is 16.6. The first-order valence-corrected chi connectivity index (χ1v) is 6.45. The smallest absolute Gasteiger partial charge is 0.334 e. The predicted molar refractivity (Wildman–Crippen MR) is 70.8 cm³/mol. The number of rotatable bonds is 6. The molecule has 1 rings (SSSR count). The second-order valence-corrected chi connectivity index (χ2v) is 4.55. The van der Waals surface area contributed by atoms with Crippen molar-refractivity contribution >= 4 is 29.7 Å². The third-order valence-corrected chi connectivity index (χ3v) is 2.96. The molecular weight excluding hydrogens is 280 g/mol. The summed E-state index contributed by atoms with van der Waals surface area (Å²) in [6.07, 6.45) is 0.517. The molecule has 0 aromatic heterocycles. The van der Waals surface area contributed by atoms with Gasteiger partial charge >= 0.3 is 17.8 Å². The van der Waals surface area contributed by atoms with Crippen LogP contribution in [0.25, 0.3) is 0 Å². The number of amides is 6. The SMILES string of the molecule is CCCN1C(=O)C(=O)N(CC(=O)N(C)CC(=O)NC)C1=O. The Morgan fingerprint density at radius 3 is 2.24 bits per heavy atom. The van der Waals surface area contributed by atoms with Crippen LogP contribution in [-0.4, -0.2) is 78.1 Å². The maximum atomic E-state index is 11.9. The quantitative estimate of drug-likeness (QED) is 0.469. The fraction of sp³-hybridized carbons (Fsp3) is 0.583. The van der Waals surface area contributed by atoms with Gasteiger partial charge < -0.3 is 10.2 Å². The second kappa shape index (κ2) is 6.82. The summed E-state index contributed by atoms with van der Waals surface area (Å²) in [5.74, 6) is -2.93. The Hall–Kier alpha value is -2.45. The lowest BCUT2D eigenvalue weighted by atomic mass is 10.4. The van der Waals surface area contributed by atoms with E-state index in [1.54, 1.807) is 6.92 Å². The molecule has 1 aliphatic heterocycles. The van der Waals surface area contributed by atoms with Crippen molar-refractivity contribution in [2.45, 2.75) is 13.3 Å². The summed E-state index contributed by atoms with van der Waals surface area (Å²) in [6.45, 7) is 1.13. The summed E-state index contributed by atoms with van der Waals surface area (Å²) in [6, 6.07) is -0.798. The molecule has 0 spiro atoms. The first-order valence-electron chi connectivity index (χ1n) is 6.45. The lowest BCUT2D eigenvalue weighted by molar-refractivity contribution is -0.145. The molecular formula is C12H18N4O5. The van der Waals surface area contributed by atoms with Crippen molar-refractivity contribution in [1.82, 2.24) is 20.0 Å². The molecule has 0 saturated carbocycles. The van der Waals surface area contributed by atoms with E-state index in [0.717, 1.165) is 9.80 Å². The van der Waals surface area contributed by atoms with Crippen LogP contribution in [0.15, 0.2) is 0 Å². The van der Waals surface area contributed by atoms with E-state index in [-0.39, 0.29) is 19.0 Å². The minimum absolute atomic E-state index is 0.127. The molecule has 1 N–H and O–H groups in total. The number of carbonyl (C=O) groups is 5. The molecule has 9 heteroatoms. The molecule has 6 amide bonds. The van der Waals surface area contributed by atoms with Crippen LogP contribution < -0.4 is 5.32 Å². The van der Waals surface area contributed by atoms with Gasteiger partial charge in [0.15, 0.2) is 0 Å². The molecule has 0 bridgehead atoms. The molecule has 0 radical (unpaired) electrons. The summed E-state index contributed by atoms with van der Waals surface area (Å²) >= 11 is 0. The first-order chi connectivity index (χ1) is 9.83. The van der Waals surface area contributed by atoms with E-state index in [0.29, 0.717) is 11.3 Å². The molecule has 1 fully saturated rings. The fourth-order valence-electron chi connectivity index (χ4n) is 1.75. The van der Waals surface area contributed by atoms with Crippen molar-refractivity contribution in [2.75, 3.05) is 33.7 Å². The molecule has 0 aromatic carbocycles. The molecule has 0 aromatic rings. The average Bonchev–Trinajstić information content (AvgIpc) is 2.64. The zero-order valence-electron chi connectivity index (χ0n) is 12.2. The zero-order chi connectivity index (χ0) is 16.2. The highest BCUT2D eigenvalue weighted by Crippen LogP contribution is 2.12. The highest BCUT2D eigenvalue weighted by molar-refractivity contribution is 6.45. The largest absolute Gasteiger partial charge is 0.358 e. The summed E-state index contributed by atoms with van der Waals surface area (Å²) < 4.78 is 0. The van der Waals surface area contributed by atoms with Crippen molar-refractivity contribution in [2.24, 2.45) is 0 Å². The van der Waals surface area contributed by atoms with Gasteiger partial charge in [-0.1, -0.05) is 6.92 Å². The van der Waals surface area contributed by atoms with E-state index >= 15 is 0 Å². The van der Waals surface area contributed by atoms with Gasteiger partial charge in [0, 0.05) is 20.6 Å². The number of hydrogen-bond acceptors (Lipinski definition) is 5. The number of likely N-dealkylation sites (N-methyl/N-ethyl adjacent to an activating group) is 2. The van der Waals surface area contributed by atoms with Crippen LogP contribution >= 0.6 is 0 Å². The minimum Gasteiger partial charge on any atom is -0.358 e. The molecule has 0 unspecified atom stereocenters. The summed E-state index contributed by atoms with van der Waals surface area (Å²) in [4.78, 5) is 60.8. The van der Waals surface area contributed by atoms with Crippen LogP contribution in [0.5, 0.6) is 0 Å². The number of carbonyl (C=O) groups excluding carboxylic acids is 5. The Morgan fingerprint density at radius 2 is 1.71 bits per heavy atom. The van der Waals surface area contributed by atoms with Gasteiger partial charge in [0.2, 0.25) is 11.8 Å². The van der Waals surface area contributed by atoms with Gasteiger partial charge in [-0.25, -0.2) is 9.69 Å². The van der Waals surface area contributed by atoms with Gasteiger partial charge in [-0.15, -0.1) is 0 Å². The lowest BCUT2D eigenvalue weighted by Crippen LogP contribution is -2.44. The van der Waals surface area contributed by atoms with Gasteiger partial charge in [0.05, 0.1) is 6.54 Å². The van der Waals surface area contributed by atoms with Crippen LogP contribution in [0.1, 0.15) is 13.3 Å². The van der Waals surface area contributed by atoms with Crippen LogP contribution in [0.4, 0.5) is 4.79 Å². The Kier molecular flexibility index (Phi) is 5.39. The molecule has 1 heterocycles. The van der Waals surface area contributed by atoms with Crippen molar-refractivity contribution in [3.63, 3.8) is 0 Å². The number of imide groups is 2. The summed E-state index contributed by atoms with van der Waals surface area (Å²) in [5.41, 5.74) is 0. The van der Waals surface area contributed by atoms with E-state index in [1.807, 2.05) is 0 Å². The van der Waals surface area contributed by atoms with E-state index in [1.165, 1.54) is 14.1 Å². The van der Waals surface area contributed by atoms with Gasteiger partial charge in [0.25, 0.3) is 0 Å². The standard InChI is InChI=1S/C12H18N4O5/c1-4-5-15-10(19)11(20)16(12(15)21)7-9(18)14(3)6-8(17)13-2/h4-7H2,1-3H3,(H,13,17). The average molecular weight is 298 g/mol. The van der Waals surface area contributed by atoms with Gasteiger partial charge in [-0.3, -0.25) is 24.1 Å². The normalized spacial score (nSPS) is 14.7. The third-order valence-electron chi connectivity index (χ3n) is 2.96. The molecule has 1 saturated heterocycles. The fourth-order valence-corrected chi connectivity index (χ4v) is 1.75. The van der Waals surface area contributed by atoms with Gasteiger partial charge in [0.1, 0.15) is 6.54 Å². The van der Waals surface area contributed by atoms with Crippen molar-refractivity contribution in [3.8, 4) is 0 Å². The van der Waals surface area contributed by atoms with Crippen LogP contribution in [0.2, 0.25) is 0 Å². The topological polar surface area (TPSA) is 107 Å². The lowest BCUT2D eigenvalue weighted by Gasteiger charge is -2.19. The van der Waals surface area contributed by atoms with Gasteiger partial charge in [-0.2, -0.15) is 0 Å². The Balaban J connectivity index is 2.72. The second-order valence-electron chi connectivity index (χ2n) is 4.55. The van der Waals surface area contributed by atoms with E-state index < -0.39 is 30.3 Å². The number of hydrogen-bond donors (Lipinski definition) is 1. The molecule has 0 atom stereocenters. The Bertz CT molecular complexity index is 490. The van der Waals surface area contributed by atoms with Crippen molar-refractivity contribution < 1.29 is 24.0 Å². The van der Waals surface area contributed by atoms with E-state index in [4.69, 9.17) is 0 Å². The Labute approximate surface area is 121 Å². The predicted octanol–water partition coefficient (Wildman–Crippen LogP) is -1.61. The maximum absolute atomic E-state index is 11.9. The Morgan fingerprint density at radius 1 is 1.14 bits per heavy atom. The number of nitrogens with one attached hydrogen (secondary N) is 1. The zero-order valence-corrected chi connectivity index (χ0v) is 12.2. The van der Waals surface area contributed by atoms with Gasteiger partial charge in [-0.05, 0) is 6.42 Å². The van der Waals surface area contributed by atoms with Crippen LogP contribution in [0.3, 0.4) is 0 Å². The van der Waals surface area contributed by atoms with E-state index in [9.17, 15) is 24.0 Å². The molecule has 9 nitrogen and oxygen atoms in total. The number of urea groups is 1. The molecule has 21 heavy (non-hydrogen) atoms. The van der Waals surface area contributed by atoms with Crippen molar-refractivity contribution in [1.29, 1.82) is 0 Å². The minimum atomic E-state index is -1.02. The molecule has 116 valence electrons. The highest BCUT2D eigenvalue weighted by Gasteiger charge is 2.44. The van der Waals surface area contributed by atoms with E-state index in [2.05, 4.69) is 5.32 Å². The molecule has 0 aliphatic carbocycles. The van der Waals surface area contributed by atoms with Crippen LogP contribution in [0, 0.1) is 0 Å². The summed E-state index contributed by atoms with van der Waals surface area (Å²) in [5, 5.41) is 2.35. The van der Waals surface area contributed by atoms with Crippen molar-refractivity contribution in [3.05, 3.63) is 0 Å². The van der Waals surface area contributed by atoms with Crippen LogP contribution in [-0.2, 0) is 19.2 Å². The summed E-state index contributed by atoms with van der Waals surface area (Å²) in [7, 11) is 2.80. The monoisotopic (exact) mass is 298 g/mol. The molecule has 1 aliphatic rings. The third kappa shape index (κ3) is 3.56.